The van der Waals surface area contributed by atoms with Crippen LogP contribution >= 0.6 is 11.3 Å². The minimum atomic E-state index is -0.195. The van der Waals surface area contributed by atoms with Crippen molar-refractivity contribution in [1.29, 1.82) is 0 Å². The van der Waals surface area contributed by atoms with E-state index in [-0.39, 0.29) is 17.4 Å². The molecule has 4 aromatic rings. The zero-order chi connectivity index (χ0) is 24.1. The minimum absolute atomic E-state index is 0.0630. The van der Waals surface area contributed by atoms with Gasteiger partial charge in [0.2, 0.25) is 0 Å². The number of aryl methyl sites for hydroxylation is 1. The Kier molecular flexibility index (Phi) is 7.37. The summed E-state index contributed by atoms with van der Waals surface area (Å²) < 4.78 is 8.20. The Morgan fingerprint density at radius 3 is 2.53 bits per heavy atom. The van der Waals surface area contributed by atoms with E-state index in [4.69, 9.17) is 9.72 Å². The van der Waals surface area contributed by atoms with Crippen LogP contribution in [0.2, 0.25) is 0 Å². The number of rotatable bonds is 9. The molecule has 0 spiro atoms. The first-order valence-electron chi connectivity index (χ1n) is 11.9. The van der Waals surface area contributed by atoms with E-state index in [2.05, 4.69) is 61.0 Å². The first-order chi connectivity index (χ1) is 16.3. The molecule has 34 heavy (non-hydrogen) atoms. The van der Waals surface area contributed by atoms with Crippen LogP contribution in [0.25, 0.3) is 11.0 Å². The van der Waals surface area contributed by atoms with Crippen LogP contribution in [0.3, 0.4) is 0 Å². The van der Waals surface area contributed by atoms with E-state index in [1.165, 1.54) is 16.9 Å². The summed E-state index contributed by atoms with van der Waals surface area (Å²) >= 11 is 1.44. The molecule has 5 nitrogen and oxygen atoms in total. The Hall–Kier alpha value is -3.12. The number of aromatic nitrogens is 2. The summed E-state index contributed by atoms with van der Waals surface area (Å²) in [4.78, 5) is 18.1. The van der Waals surface area contributed by atoms with Gasteiger partial charge in [0, 0.05) is 6.54 Å². The largest absolute Gasteiger partial charge is 0.494 e. The van der Waals surface area contributed by atoms with Crippen LogP contribution in [0.5, 0.6) is 5.75 Å². The lowest BCUT2D eigenvalue weighted by atomic mass is 9.87. The van der Waals surface area contributed by atoms with Crippen molar-refractivity contribution in [2.45, 2.75) is 58.5 Å². The number of imidazole rings is 1. The van der Waals surface area contributed by atoms with Gasteiger partial charge in [-0.15, -0.1) is 11.3 Å². The molecule has 2 aromatic heterocycles. The van der Waals surface area contributed by atoms with Crippen LogP contribution in [0, 0.1) is 0 Å². The van der Waals surface area contributed by atoms with Gasteiger partial charge in [-0.3, -0.25) is 4.79 Å². The SMILES string of the molecule is CC(NC(=O)c1cccs1)c1nc2ccccc2n1CCCCOc1ccc(C(C)(C)C)cc1. The molecular weight excluding hydrogens is 442 g/mol. The highest BCUT2D eigenvalue weighted by Crippen LogP contribution is 2.25. The van der Waals surface area contributed by atoms with Gasteiger partial charge in [0.1, 0.15) is 11.6 Å². The van der Waals surface area contributed by atoms with Gasteiger partial charge in [-0.1, -0.05) is 51.1 Å². The normalized spacial score (nSPS) is 12.6. The van der Waals surface area contributed by atoms with Gasteiger partial charge >= 0.3 is 0 Å². The monoisotopic (exact) mass is 475 g/mol. The predicted molar refractivity (Wildman–Crippen MR) is 140 cm³/mol. The van der Waals surface area contributed by atoms with Gasteiger partial charge in [0.15, 0.2) is 0 Å². The average molecular weight is 476 g/mol. The fourth-order valence-corrected chi connectivity index (χ4v) is 4.64. The molecule has 2 heterocycles. The molecule has 1 atom stereocenters. The number of benzene rings is 2. The van der Waals surface area contributed by atoms with Crippen molar-refractivity contribution < 1.29 is 9.53 Å². The number of ether oxygens (including phenoxy) is 1. The van der Waals surface area contributed by atoms with E-state index in [9.17, 15) is 4.79 Å². The maximum absolute atomic E-state index is 12.6. The quantitative estimate of drug-likeness (QED) is 0.273. The molecule has 0 aliphatic heterocycles. The number of amides is 1. The van der Waals surface area contributed by atoms with E-state index < -0.39 is 0 Å². The fourth-order valence-electron chi connectivity index (χ4n) is 4.01. The van der Waals surface area contributed by atoms with E-state index >= 15 is 0 Å². The van der Waals surface area contributed by atoms with E-state index in [0.717, 1.165) is 42.0 Å². The van der Waals surface area contributed by atoms with Crippen molar-refractivity contribution in [1.82, 2.24) is 14.9 Å². The average Bonchev–Trinajstić information content (AvgIpc) is 3.47. The molecule has 1 amide bonds. The molecule has 178 valence electrons. The maximum Gasteiger partial charge on any atom is 0.261 e. The van der Waals surface area contributed by atoms with Crippen molar-refractivity contribution >= 4 is 28.3 Å². The molecule has 1 N–H and O–H groups in total. The highest BCUT2D eigenvalue weighted by Gasteiger charge is 2.19. The highest BCUT2D eigenvalue weighted by atomic mass is 32.1. The summed E-state index contributed by atoms with van der Waals surface area (Å²) in [6, 6.07) is 20.1. The summed E-state index contributed by atoms with van der Waals surface area (Å²) in [6.45, 7) is 10.1. The molecule has 1 unspecified atom stereocenters. The van der Waals surface area contributed by atoms with Crippen molar-refractivity contribution in [2.24, 2.45) is 0 Å². The van der Waals surface area contributed by atoms with Crippen molar-refractivity contribution in [3.63, 3.8) is 0 Å². The molecule has 0 fully saturated rings. The number of carbonyl (C=O) groups excluding carboxylic acids is 1. The third-order valence-corrected chi connectivity index (χ3v) is 6.80. The third kappa shape index (κ3) is 5.68. The van der Waals surface area contributed by atoms with Gasteiger partial charge in [-0.2, -0.15) is 0 Å². The minimum Gasteiger partial charge on any atom is -0.494 e. The number of carbonyl (C=O) groups is 1. The summed E-state index contributed by atoms with van der Waals surface area (Å²) in [5.41, 5.74) is 3.49. The zero-order valence-corrected chi connectivity index (χ0v) is 21.2. The molecule has 6 heteroatoms. The number of hydrogen-bond donors (Lipinski definition) is 1. The highest BCUT2D eigenvalue weighted by molar-refractivity contribution is 7.12. The van der Waals surface area contributed by atoms with E-state index in [1.807, 2.05) is 42.6 Å². The van der Waals surface area contributed by atoms with Gasteiger partial charge < -0.3 is 14.6 Å². The molecule has 0 radical (unpaired) electrons. The zero-order valence-electron chi connectivity index (χ0n) is 20.4. The number of unbranched alkanes of at least 4 members (excludes halogenated alkanes) is 1. The smallest absolute Gasteiger partial charge is 0.261 e. The predicted octanol–water partition coefficient (Wildman–Crippen LogP) is 6.75. The lowest BCUT2D eigenvalue weighted by Gasteiger charge is -2.19. The Balaban J connectivity index is 1.37. The van der Waals surface area contributed by atoms with Crippen molar-refractivity contribution in [3.05, 3.63) is 82.3 Å². The summed E-state index contributed by atoms with van der Waals surface area (Å²) in [7, 11) is 0. The van der Waals surface area contributed by atoms with Crippen LogP contribution in [-0.2, 0) is 12.0 Å². The number of hydrogen-bond acceptors (Lipinski definition) is 4. The van der Waals surface area contributed by atoms with Gasteiger partial charge in [0.25, 0.3) is 5.91 Å². The molecule has 2 aromatic carbocycles. The maximum atomic E-state index is 12.6. The summed E-state index contributed by atoms with van der Waals surface area (Å²) in [6.07, 6.45) is 1.89. The van der Waals surface area contributed by atoms with Crippen molar-refractivity contribution in [3.8, 4) is 5.75 Å². The molecule has 0 saturated carbocycles. The topological polar surface area (TPSA) is 56.2 Å². The third-order valence-electron chi connectivity index (χ3n) is 5.93. The Bertz CT molecular complexity index is 1220. The molecule has 0 bridgehead atoms. The Morgan fingerprint density at radius 2 is 1.82 bits per heavy atom. The molecular formula is C28H33N3O2S. The second kappa shape index (κ2) is 10.4. The number of nitrogens with one attached hydrogen (secondary N) is 1. The summed E-state index contributed by atoms with van der Waals surface area (Å²) in [5.74, 6) is 1.73. The Morgan fingerprint density at radius 1 is 1.06 bits per heavy atom. The van der Waals surface area contributed by atoms with Gasteiger partial charge in [0.05, 0.1) is 28.6 Å². The lowest BCUT2D eigenvalue weighted by molar-refractivity contribution is 0.0941. The van der Waals surface area contributed by atoms with Crippen LogP contribution in [0.1, 0.15) is 67.6 Å². The van der Waals surface area contributed by atoms with E-state index in [0.29, 0.717) is 11.5 Å². The first-order valence-corrected chi connectivity index (χ1v) is 12.7. The fraction of sp³-hybridized carbons (Fsp3) is 0.357. The number of nitrogens with zero attached hydrogens (tertiary/aromatic N) is 2. The van der Waals surface area contributed by atoms with Crippen LogP contribution in [0.15, 0.2) is 66.0 Å². The lowest BCUT2D eigenvalue weighted by Crippen LogP contribution is -2.28. The van der Waals surface area contributed by atoms with Crippen molar-refractivity contribution in [2.75, 3.05) is 6.61 Å². The summed E-state index contributed by atoms with van der Waals surface area (Å²) in [5, 5.41) is 5.01. The number of thiophene rings is 1. The molecule has 4 rings (SSSR count). The molecule has 0 aliphatic rings. The van der Waals surface area contributed by atoms with Crippen LogP contribution in [-0.4, -0.2) is 22.1 Å². The number of para-hydroxylation sites is 2. The van der Waals surface area contributed by atoms with E-state index in [1.54, 1.807) is 0 Å². The van der Waals surface area contributed by atoms with Gasteiger partial charge in [-0.05, 0) is 66.5 Å². The Labute approximate surface area is 205 Å². The number of fused-ring (bicyclic) bond motifs is 1. The van der Waals surface area contributed by atoms with Crippen LogP contribution in [0.4, 0.5) is 0 Å². The van der Waals surface area contributed by atoms with Crippen LogP contribution < -0.4 is 10.1 Å². The standard InChI is InChI=1S/C28H33N3O2S/c1-20(29-27(32)25-12-9-19-34-25)26-30-23-10-5-6-11-24(23)31(26)17-7-8-18-33-22-15-13-21(14-16-22)28(2,3)4/h5-6,9-16,19-20H,7-8,17-18H2,1-4H3,(H,29,32). The second-order valence-electron chi connectivity index (χ2n) is 9.61. The first kappa shape index (κ1) is 24.0. The molecule has 0 aliphatic carbocycles. The molecule has 0 saturated heterocycles. The second-order valence-corrected chi connectivity index (χ2v) is 10.6. The van der Waals surface area contributed by atoms with Gasteiger partial charge in [-0.25, -0.2) is 4.98 Å².